The van der Waals surface area contributed by atoms with Crippen LogP contribution in [0.3, 0.4) is 0 Å². The molecule has 0 saturated heterocycles. The van der Waals surface area contributed by atoms with E-state index in [1.165, 1.54) is 44.2 Å². The van der Waals surface area contributed by atoms with Gasteiger partial charge in [-0.2, -0.15) is 0 Å². The molecule has 17 heavy (non-hydrogen) atoms. The fourth-order valence-corrected chi connectivity index (χ4v) is 2.85. The van der Waals surface area contributed by atoms with Crippen LogP contribution in [0, 0.1) is 5.92 Å². The van der Waals surface area contributed by atoms with Crippen molar-refractivity contribution in [1.82, 2.24) is 4.90 Å². The molecule has 1 aromatic heterocycles. The second-order valence-corrected chi connectivity index (χ2v) is 5.27. The second kappa shape index (κ2) is 6.22. The van der Waals surface area contributed by atoms with E-state index < -0.39 is 0 Å². The monoisotopic (exact) mass is 236 g/mol. The Labute approximate surface area is 104 Å². The lowest BCUT2D eigenvalue weighted by Crippen LogP contribution is -2.27. The van der Waals surface area contributed by atoms with E-state index in [0.29, 0.717) is 6.54 Å². The zero-order valence-corrected chi connectivity index (χ0v) is 10.8. The summed E-state index contributed by atoms with van der Waals surface area (Å²) in [6.07, 6.45) is 8.81. The van der Waals surface area contributed by atoms with Gasteiger partial charge in [-0.15, -0.1) is 0 Å². The van der Waals surface area contributed by atoms with Gasteiger partial charge in [-0.05, 0) is 31.9 Å². The van der Waals surface area contributed by atoms with Crippen LogP contribution in [0.2, 0.25) is 0 Å². The first-order valence-electron chi connectivity index (χ1n) is 6.73. The summed E-state index contributed by atoms with van der Waals surface area (Å²) < 4.78 is 5.35. The van der Waals surface area contributed by atoms with Crippen molar-refractivity contribution in [1.29, 1.82) is 0 Å². The molecule has 1 aromatic rings. The molecule has 0 bridgehead atoms. The van der Waals surface area contributed by atoms with Crippen LogP contribution in [0.4, 0.5) is 0 Å². The molecule has 3 nitrogen and oxygen atoms in total. The largest absolute Gasteiger partial charge is 0.468 e. The lowest BCUT2D eigenvalue weighted by Gasteiger charge is -2.26. The summed E-state index contributed by atoms with van der Waals surface area (Å²) in [5.41, 5.74) is 6.88. The molecular formula is C14H24N2O. The van der Waals surface area contributed by atoms with Crippen LogP contribution < -0.4 is 5.73 Å². The lowest BCUT2D eigenvalue weighted by molar-refractivity contribution is 0.227. The molecule has 0 amide bonds. The predicted octanol–water partition coefficient (Wildman–Crippen LogP) is 2.75. The van der Waals surface area contributed by atoms with Gasteiger partial charge in [-0.1, -0.05) is 19.3 Å². The second-order valence-electron chi connectivity index (χ2n) is 5.27. The van der Waals surface area contributed by atoms with Gasteiger partial charge in [-0.3, -0.25) is 0 Å². The van der Waals surface area contributed by atoms with E-state index in [4.69, 9.17) is 10.2 Å². The molecular weight excluding hydrogens is 212 g/mol. The minimum Gasteiger partial charge on any atom is -0.468 e. The smallest absolute Gasteiger partial charge is 0.121 e. The van der Waals surface area contributed by atoms with Crippen molar-refractivity contribution in [2.24, 2.45) is 11.7 Å². The molecule has 1 saturated carbocycles. The molecule has 0 radical (unpaired) electrons. The van der Waals surface area contributed by atoms with Crippen LogP contribution >= 0.6 is 0 Å². The number of hydrogen-bond donors (Lipinski definition) is 1. The van der Waals surface area contributed by atoms with Crippen molar-refractivity contribution in [3.63, 3.8) is 0 Å². The van der Waals surface area contributed by atoms with Gasteiger partial charge in [0.1, 0.15) is 5.76 Å². The number of nitrogens with two attached hydrogens (primary N) is 1. The van der Waals surface area contributed by atoms with Crippen molar-refractivity contribution >= 4 is 0 Å². The quantitative estimate of drug-likeness (QED) is 0.854. The summed E-state index contributed by atoms with van der Waals surface area (Å²) in [7, 11) is 2.20. The van der Waals surface area contributed by atoms with Crippen molar-refractivity contribution in [2.45, 2.75) is 45.2 Å². The standard InChI is InChI=1S/C14H24N2O/c1-16(10-12-5-3-2-4-6-12)11-13-7-8-17-14(13)9-15/h7-8,12H,2-6,9-11,15H2,1H3. The van der Waals surface area contributed by atoms with Gasteiger partial charge in [0.2, 0.25) is 0 Å². The first-order chi connectivity index (χ1) is 8.29. The Hall–Kier alpha value is -0.800. The van der Waals surface area contributed by atoms with Crippen LogP contribution in [0.25, 0.3) is 0 Å². The molecule has 0 aliphatic heterocycles. The SMILES string of the molecule is CN(Cc1ccoc1CN)CC1CCCCC1. The normalized spacial score (nSPS) is 17.8. The van der Waals surface area contributed by atoms with E-state index in [9.17, 15) is 0 Å². The predicted molar refractivity (Wildman–Crippen MR) is 69.5 cm³/mol. The van der Waals surface area contributed by atoms with Crippen LogP contribution in [0.5, 0.6) is 0 Å². The Morgan fingerprint density at radius 2 is 2.12 bits per heavy atom. The molecule has 0 unspecified atom stereocenters. The zero-order valence-electron chi connectivity index (χ0n) is 10.8. The third kappa shape index (κ3) is 3.58. The number of rotatable bonds is 5. The Kier molecular flexibility index (Phi) is 4.63. The maximum Gasteiger partial charge on any atom is 0.121 e. The van der Waals surface area contributed by atoms with Crippen molar-refractivity contribution in [2.75, 3.05) is 13.6 Å². The highest BCUT2D eigenvalue weighted by Crippen LogP contribution is 2.24. The maximum absolute atomic E-state index is 5.64. The molecule has 3 heteroatoms. The summed E-state index contributed by atoms with van der Waals surface area (Å²) in [5, 5.41) is 0. The highest BCUT2D eigenvalue weighted by atomic mass is 16.3. The summed E-state index contributed by atoms with van der Waals surface area (Å²) in [6.45, 7) is 2.66. The number of furan rings is 1. The minimum absolute atomic E-state index is 0.500. The summed E-state index contributed by atoms with van der Waals surface area (Å²) in [4.78, 5) is 2.40. The van der Waals surface area contributed by atoms with Gasteiger partial charge in [0, 0.05) is 18.7 Å². The highest BCUT2D eigenvalue weighted by Gasteiger charge is 2.16. The first kappa shape index (κ1) is 12.7. The van der Waals surface area contributed by atoms with Crippen LogP contribution in [0.1, 0.15) is 43.4 Å². The van der Waals surface area contributed by atoms with Crippen molar-refractivity contribution < 1.29 is 4.42 Å². The van der Waals surface area contributed by atoms with Gasteiger partial charge >= 0.3 is 0 Å². The zero-order chi connectivity index (χ0) is 12.1. The van der Waals surface area contributed by atoms with E-state index in [1.807, 2.05) is 6.07 Å². The third-order valence-corrected chi connectivity index (χ3v) is 3.76. The lowest BCUT2D eigenvalue weighted by atomic mass is 9.89. The molecule has 96 valence electrons. The Balaban J connectivity index is 1.82. The van der Waals surface area contributed by atoms with Gasteiger partial charge < -0.3 is 15.1 Å². The fraction of sp³-hybridized carbons (Fsp3) is 0.714. The minimum atomic E-state index is 0.500. The van der Waals surface area contributed by atoms with E-state index >= 15 is 0 Å². The van der Waals surface area contributed by atoms with E-state index in [0.717, 1.165) is 18.2 Å². The molecule has 1 heterocycles. The van der Waals surface area contributed by atoms with Crippen molar-refractivity contribution in [3.8, 4) is 0 Å². The fourth-order valence-electron chi connectivity index (χ4n) is 2.85. The molecule has 2 N–H and O–H groups in total. The average Bonchev–Trinajstić information content (AvgIpc) is 2.77. The van der Waals surface area contributed by atoms with Crippen LogP contribution in [-0.4, -0.2) is 18.5 Å². The van der Waals surface area contributed by atoms with Crippen molar-refractivity contribution in [3.05, 3.63) is 23.7 Å². The molecule has 0 spiro atoms. The number of nitrogens with zero attached hydrogens (tertiary/aromatic N) is 1. The van der Waals surface area contributed by atoms with E-state index in [2.05, 4.69) is 11.9 Å². The van der Waals surface area contributed by atoms with Crippen LogP contribution in [-0.2, 0) is 13.1 Å². The van der Waals surface area contributed by atoms with E-state index in [-0.39, 0.29) is 0 Å². The van der Waals surface area contributed by atoms with Gasteiger partial charge in [0.15, 0.2) is 0 Å². The van der Waals surface area contributed by atoms with Gasteiger partial charge in [-0.25, -0.2) is 0 Å². The van der Waals surface area contributed by atoms with Gasteiger partial charge in [0.05, 0.1) is 12.8 Å². The first-order valence-corrected chi connectivity index (χ1v) is 6.73. The molecule has 0 atom stereocenters. The Morgan fingerprint density at radius 3 is 2.82 bits per heavy atom. The molecule has 0 aromatic carbocycles. The van der Waals surface area contributed by atoms with Crippen LogP contribution in [0.15, 0.2) is 16.7 Å². The molecule has 1 aliphatic carbocycles. The molecule has 1 aliphatic rings. The Morgan fingerprint density at radius 1 is 1.35 bits per heavy atom. The van der Waals surface area contributed by atoms with Gasteiger partial charge in [0.25, 0.3) is 0 Å². The summed E-state index contributed by atoms with van der Waals surface area (Å²) >= 11 is 0. The third-order valence-electron chi connectivity index (χ3n) is 3.76. The van der Waals surface area contributed by atoms with E-state index in [1.54, 1.807) is 6.26 Å². The maximum atomic E-state index is 5.64. The number of hydrogen-bond acceptors (Lipinski definition) is 3. The summed E-state index contributed by atoms with van der Waals surface area (Å²) in [5.74, 6) is 1.82. The Bertz CT molecular complexity index is 329. The molecule has 1 fully saturated rings. The summed E-state index contributed by atoms with van der Waals surface area (Å²) in [6, 6.07) is 2.04. The average molecular weight is 236 g/mol. The topological polar surface area (TPSA) is 42.4 Å². The molecule has 2 rings (SSSR count). The highest BCUT2D eigenvalue weighted by molar-refractivity contribution is 5.16.